The minimum atomic E-state index is -2.10. The molecular weight excluding hydrogens is 573 g/mol. The van der Waals surface area contributed by atoms with Gasteiger partial charge in [0, 0.05) is 5.92 Å². The topological polar surface area (TPSA) is 146 Å². The molecule has 2 saturated heterocycles. The number of ether oxygens (including phenoxy) is 2. The highest BCUT2D eigenvalue weighted by Crippen LogP contribution is 2.47. The van der Waals surface area contributed by atoms with Crippen LogP contribution in [0.1, 0.15) is 46.6 Å². The van der Waals surface area contributed by atoms with E-state index in [4.69, 9.17) is 37.8 Å². The van der Waals surface area contributed by atoms with Gasteiger partial charge in [-0.3, -0.25) is 9.13 Å². The van der Waals surface area contributed by atoms with Gasteiger partial charge in [0.2, 0.25) is 0 Å². The first-order chi connectivity index (χ1) is 18.9. The van der Waals surface area contributed by atoms with E-state index < -0.39 is 42.6 Å². The molecule has 12 nitrogen and oxygen atoms in total. The van der Waals surface area contributed by atoms with Crippen LogP contribution in [0.3, 0.4) is 0 Å². The number of fused-ring (bicyclic) bond motifs is 2. The molecule has 6 heterocycles. The Labute approximate surface area is 237 Å². The molecule has 2 N–H and O–H groups in total. The predicted octanol–water partition coefficient (Wildman–Crippen LogP) is 3.61. The maximum atomic E-state index is 15.0. The second-order valence-electron chi connectivity index (χ2n) is 10.2. The van der Waals surface area contributed by atoms with Crippen LogP contribution in [-0.4, -0.2) is 85.5 Å². The van der Waals surface area contributed by atoms with Crippen molar-refractivity contribution in [3.8, 4) is 0 Å². The molecule has 2 aliphatic heterocycles. The first kappa shape index (κ1) is 28.9. The molecule has 16 heteroatoms. The summed E-state index contributed by atoms with van der Waals surface area (Å²) in [5.41, 5.74) is -2.03. The summed E-state index contributed by atoms with van der Waals surface area (Å²) in [5, 5.41) is 19.4. The summed E-state index contributed by atoms with van der Waals surface area (Å²) in [6.07, 6.45) is 1.67. The largest absolute Gasteiger partial charge is 0.394 e. The number of halogens is 4. The molecule has 0 bridgehead atoms. The number of hydrogen-bond donors (Lipinski definition) is 2. The van der Waals surface area contributed by atoms with Crippen LogP contribution in [0, 0.1) is 5.92 Å². The van der Waals surface area contributed by atoms with Gasteiger partial charge in [-0.25, -0.2) is 38.7 Å². The van der Waals surface area contributed by atoms with Crippen molar-refractivity contribution in [3.05, 3.63) is 35.6 Å². The average Bonchev–Trinajstić information content (AvgIpc) is 3.65. The Balaban J connectivity index is 0.000000161. The lowest BCUT2D eigenvalue weighted by molar-refractivity contribution is -0.0566. The van der Waals surface area contributed by atoms with Gasteiger partial charge in [0.05, 0.1) is 25.4 Å². The molecule has 4 aromatic rings. The van der Waals surface area contributed by atoms with E-state index in [9.17, 15) is 9.50 Å². The minimum Gasteiger partial charge on any atom is -0.394 e. The molecule has 40 heavy (non-hydrogen) atoms. The monoisotopic (exact) mass is 600 g/mol. The van der Waals surface area contributed by atoms with Crippen LogP contribution in [0.2, 0.25) is 10.3 Å². The van der Waals surface area contributed by atoms with E-state index in [1.165, 1.54) is 36.8 Å². The van der Waals surface area contributed by atoms with Gasteiger partial charge in [-0.15, -0.1) is 0 Å². The van der Waals surface area contributed by atoms with Gasteiger partial charge in [-0.2, -0.15) is 0 Å². The molecule has 0 aromatic carbocycles. The molecule has 2 aliphatic rings. The van der Waals surface area contributed by atoms with Gasteiger partial charge in [-0.05, 0) is 20.3 Å². The maximum absolute atomic E-state index is 15.0. The van der Waals surface area contributed by atoms with Gasteiger partial charge in [0.25, 0.3) is 0 Å². The number of aromatic nitrogens is 8. The molecule has 4 aromatic heterocycles. The third-order valence-electron chi connectivity index (χ3n) is 7.67. The van der Waals surface area contributed by atoms with Crippen molar-refractivity contribution in [2.75, 3.05) is 6.61 Å². The van der Waals surface area contributed by atoms with Crippen molar-refractivity contribution in [1.82, 2.24) is 39.0 Å². The van der Waals surface area contributed by atoms with Gasteiger partial charge < -0.3 is 19.7 Å². The Morgan fingerprint density at radius 3 is 1.75 bits per heavy atom. The van der Waals surface area contributed by atoms with Crippen LogP contribution in [0.5, 0.6) is 0 Å². The maximum Gasteiger partial charge on any atom is 0.181 e. The standard InChI is InChI=1S/C13H16ClFN4O.C11H12ClFN4O3/c1-4-8-7(2)13(3,15)12(20-8)19-6-18-9-10(14)16-5-17-11(9)19;1-11(13)7(19)5(2-18)20-10(11)17-4-16-6-8(12)14-3-15-9(6)17/h5-8,12H,4H2,1-3H3;3-5,7,10,18-19H,2H2,1H3/t7-,8+,12+,13?;5-,7+,10-,11?/m01/s1. The molecule has 0 saturated carbocycles. The third kappa shape index (κ3) is 4.60. The predicted molar refractivity (Wildman–Crippen MR) is 140 cm³/mol. The highest BCUT2D eigenvalue weighted by Gasteiger charge is 2.55. The molecule has 0 spiro atoms. The van der Waals surface area contributed by atoms with Gasteiger partial charge in [-0.1, -0.05) is 37.0 Å². The number of aliphatic hydroxyl groups is 2. The fourth-order valence-electron chi connectivity index (χ4n) is 5.15. The second-order valence-corrected chi connectivity index (χ2v) is 10.9. The number of aliphatic hydroxyl groups excluding tert-OH is 2. The minimum absolute atomic E-state index is 0.121. The lowest BCUT2D eigenvalue weighted by Crippen LogP contribution is -2.40. The van der Waals surface area contributed by atoms with Gasteiger partial charge >= 0.3 is 0 Å². The van der Waals surface area contributed by atoms with Crippen molar-refractivity contribution < 1.29 is 28.5 Å². The molecule has 0 aliphatic carbocycles. The SMILES string of the molecule is CC1(F)[C@@H](O)[C@@H](CO)O[C@H]1n1cnc2c(Cl)ncnc21.CC[C@H]1O[C@@H](n2cnc3c(Cl)ncnc32)C(C)(F)[C@H]1C. The van der Waals surface area contributed by atoms with Crippen LogP contribution in [0.4, 0.5) is 8.78 Å². The van der Waals surface area contributed by atoms with Crippen molar-refractivity contribution in [2.24, 2.45) is 5.92 Å². The zero-order chi connectivity index (χ0) is 29.0. The highest BCUT2D eigenvalue weighted by atomic mass is 35.5. The molecule has 216 valence electrons. The quantitative estimate of drug-likeness (QED) is 0.333. The summed E-state index contributed by atoms with van der Waals surface area (Å²) in [4.78, 5) is 24.0. The smallest absolute Gasteiger partial charge is 0.181 e. The molecule has 0 amide bonds. The van der Waals surface area contributed by atoms with E-state index in [0.717, 1.165) is 6.42 Å². The van der Waals surface area contributed by atoms with Crippen LogP contribution in [0.25, 0.3) is 22.3 Å². The van der Waals surface area contributed by atoms with Crippen LogP contribution < -0.4 is 0 Å². The number of nitrogens with zero attached hydrogens (tertiary/aromatic N) is 8. The van der Waals surface area contributed by atoms with Crippen LogP contribution in [-0.2, 0) is 9.47 Å². The zero-order valence-electron chi connectivity index (χ0n) is 22.0. The fraction of sp³-hybridized carbons (Fsp3) is 0.583. The van der Waals surface area contributed by atoms with E-state index in [-0.39, 0.29) is 22.3 Å². The summed E-state index contributed by atoms with van der Waals surface area (Å²) in [7, 11) is 0. The Morgan fingerprint density at radius 2 is 1.32 bits per heavy atom. The third-order valence-corrected chi connectivity index (χ3v) is 8.22. The fourth-order valence-corrected chi connectivity index (χ4v) is 5.50. The van der Waals surface area contributed by atoms with Crippen molar-refractivity contribution in [1.29, 1.82) is 0 Å². The Kier molecular flexibility index (Phi) is 7.70. The lowest BCUT2D eigenvalue weighted by Gasteiger charge is -2.25. The highest BCUT2D eigenvalue weighted by molar-refractivity contribution is 6.33. The number of alkyl halides is 2. The van der Waals surface area contributed by atoms with Crippen LogP contribution >= 0.6 is 23.2 Å². The van der Waals surface area contributed by atoms with E-state index in [0.29, 0.717) is 22.3 Å². The normalized spacial score (nSPS) is 34.0. The molecule has 8 atom stereocenters. The van der Waals surface area contributed by atoms with E-state index in [2.05, 4.69) is 29.9 Å². The van der Waals surface area contributed by atoms with E-state index in [1.54, 1.807) is 11.5 Å². The Hall–Kier alpha value is -2.62. The first-order valence-electron chi connectivity index (χ1n) is 12.6. The van der Waals surface area contributed by atoms with Crippen LogP contribution in [0.15, 0.2) is 25.3 Å². The molecule has 0 radical (unpaired) electrons. The number of hydrogen-bond acceptors (Lipinski definition) is 10. The average molecular weight is 601 g/mol. The summed E-state index contributed by atoms with van der Waals surface area (Å²) < 4.78 is 43.9. The Bertz CT molecular complexity index is 1410. The lowest BCUT2D eigenvalue weighted by atomic mass is 9.88. The zero-order valence-corrected chi connectivity index (χ0v) is 23.5. The summed E-state index contributed by atoms with van der Waals surface area (Å²) >= 11 is 11.9. The van der Waals surface area contributed by atoms with Gasteiger partial charge in [0.15, 0.2) is 45.4 Å². The van der Waals surface area contributed by atoms with Crippen molar-refractivity contribution in [2.45, 2.75) is 76.2 Å². The van der Waals surface area contributed by atoms with Crippen molar-refractivity contribution >= 4 is 45.5 Å². The molecule has 2 unspecified atom stereocenters. The second kappa shape index (κ2) is 10.7. The van der Waals surface area contributed by atoms with Crippen molar-refractivity contribution in [3.63, 3.8) is 0 Å². The van der Waals surface area contributed by atoms with E-state index >= 15 is 4.39 Å². The molecule has 6 rings (SSSR count). The van der Waals surface area contributed by atoms with Gasteiger partial charge in [0.1, 0.15) is 35.9 Å². The summed E-state index contributed by atoms with van der Waals surface area (Å²) in [6, 6.07) is 0. The summed E-state index contributed by atoms with van der Waals surface area (Å²) in [5.74, 6) is -0.202. The number of rotatable bonds is 4. The molecule has 2 fully saturated rings. The molecular formula is C24H28Cl2F2N8O4. The first-order valence-corrected chi connectivity index (χ1v) is 13.3. The Morgan fingerprint density at radius 1 is 0.850 bits per heavy atom. The van der Waals surface area contributed by atoms with E-state index in [1.807, 2.05) is 13.8 Å². The summed E-state index contributed by atoms with van der Waals surface area (Å²) in [6.45, 7) is 6.14. The number of imidazole rings is 2.